The molecule has 1 heterocycles. The highest BCUT2D eigenvalue weighted by Gasteiger charge is 2.48. The Morgan fingerprint density at radius 1 is 1.00 bits per heavy atom. The van der Waals surface area contributed by atoms with Crippen molar-refractivity contribution in [2.75, 3.05) is 18.6 Å². The molecule has 0 aromatic heterocycles. The second-order valence-electron chi connectivity index (χ2n) is 9.43. The number of carbonyl (C=O) groups excluding carboxylic acids is 2. The predicted octanol–water partition coefficient (Wildman–Crippen LogP) is 5.97. The van der Waals surface area contributed by atoms with Gasteiger partial charge < -0.3 is 14.6 Å². The van der Waals surface area contributed by atoms with E-state index < -0.39 is 17.7 Å². The summed E-state index contributed by atoms with van der Waals surface area (Å²) in [4.78, 5) is 28.4. The summed E-state index contributed by atoms with van der Waals surface area (Å²) in [6, 6.07) is 19.0. The summed E-state index contributed by atoms with van der Waals surface area (Å²) >= 11 is 0. The van der Waals surface area contributed by atoms with E-state index in [9.17, 15) is 14.7 Å². The van der Waals surface area contributed by atoms with Crippen molar-refractivity contribution in [3.63, 3.8) is 0 Å². The molecule has 3 aromatic rings. The summed E-state index contributed by atoms with van der Waals surface area (Å²) in [7, 11) is 1.54. The van der Waals surface area contributed by atoms with Crippen LogP contribution in [0.2, 0.25) is 0 Å². The molecule has 36 heavy (non-hydrogen) atoms. The number of ketones is 1. The predicted molar refractivity (Wildman–Crippen MR) is 140 cm³/mol. The molecular formula is C30H31NO5. The zero-order chi connectivity index (χ0) is 26.0. The van der Waals surface area contributed by atoms with Crippen LogP contribution in [0.25, 0.3) is 5.76 Å². The van der Waals surface area contributed by atoms with Crippen LogP contribution in [0.3, 0.4) is 0 Å². The number of hydrogen-bond acceptors (Lipinski definition) is 5. The second-order valence-corrected chi connectivity index (χ2v) is 9.43. The van der Waals surface area contributed by atoms with Gasteiger partial charge in [-0.15, -0.1) is 0 Å². The number of anilines is 1. The van der Waals surface area contributed by atoms with Crippen molar-refractivity contribution >= 4 is 23.1 Å². The standard InChI is InChI=1S/C30H31NO5/c1-18(2)17-36-22-10-8-9-21(16-22)28(32)26-27(23-11-6-7-12-25(23)35-5)31(30(34)29(26)33)24-14-13-19(3)15-20(24)4/h6-16,18,27,32H,17H2,1-5H3/b28-26+. The van der Waals surface area contributed by atoms with E-state index in [1.807, 2.05) is 58.0 Å². The van der Waals surface area contributed by atoms with Crippen LogP contribution in [0, 0.1) is 19.8 Å². The number of aliphatic hydroxyl groups excluding tert-OH is 1. The van der Waals surface area contributed by atoms with Gasteiger partial charge in [0.05, 0.1) is 25.3 Å². The fourth-order valence-corrected chi connectivity index (χ4v) is 4.49. The van der Waals surface area contributed by atoms with Crippen molar-refractivity contribution in [1.29, 1.82) is 0 Å². The smallest absolute Gasteiger partial charge is 0.300 e. The summed E-state index contributed by atoms with van der Waals surface area (Å²) in [5.74, 6) is -0.296. The Labute approximate surface area is 211 Å². The molecule has 6 heteroatoms. The van der Waals surface area contributed by atoms with Gasteiger partial charge in [-0.1, -0.05) is 61.9 Å². The van der Waals surface area contributed by atoms with Crippen LogP contribution in [0.5, 0.6) is 11.5 Å². The van der Waals surface area contributed by atoms with E-state index in [0.717, 1.165) is 11.1 Å². The number of amides is 1. The molecule has 1 amide bonds. The van der Waals surface area contributed by atoms with Crippen LogP contribution in [0.1, 0.15) is 42.1 Å². The Morgan fingerprint density at radius 3 is 2.44 bits per heavy atom. The number of Topliss-reactive ketones (excluding diaryl/α,β-unsaturated/α-hetero) is 1. The highest BCUT2D eigenvalue weighted by Crippen LogP contribution is 2.45. The van der Waals surface area contributed by atoms with Crippen molar-refractivity contribution in [2.45, 2.75) is 33.7 Å². The van der Waals surface area contributed by atoms with E-state index in [0.29, 0.717) is 40.8 Å². The average molecular weight is 486 g/mol. The molecule has 0 aliphatic carbocycles. The van der Waals surface area contributed by atoms with Gasteiger partial charge in [0.1, 0.15) is 17.3 Å². The van der Waals surface area contributed by atoms with Crippen molar-refractivity contribution in [1.82, 2.24) is 0 Å². The summed E-state index contributed by atoms with van der Waals surface area (Å²) < 4.78 is 11.4. The number of benzene rings is 3. The Balaban J connectivity index is 1.92. The fourth-order valence-electron chi connectivity index (χ4n) is 4.49. The van der Waals surface area contributed by atoms with Gasteiger partial charge in [-0.2, -0.15) is 0 Å². The lowest BCUT2D eigenvalue weighted by molar-refractivity contribution is -0.132. The van der Waals surface area contributed by atoms with Gasteiger partial charge in [-0.25, -0.2) is 0 Å². The summed E-state index contributed by atoms with van der Waals surface area (Å²) in [5, 5.41) is 11.5. The SMILES string of the molecule is COc1ccccc1C1/C(=C(\O)c2cccc(OCC(C)C)c2)C(=O)C(=O)N1c1ccc(C)cc1C. The number of ether oxygens (including phenoxy) is 2. The first-order valence-corrected chi connectivity index (χ1v) is 12.0. The van der Waals surface area contributed by atoms with E-state index >= 15 is 0 Å². The molecule has 1 saturated heterocycles. The third-order valence-corrected chi connectivity index (χ3v) is 6.18. The highest BCUT2D eigenvalue weighted by molar-refractivity contribution is 6.51. The Morgan fingerprint density at radius 2 is 1.75 bits per heavy atom. The van der Waals surface area contributed by atoms with Gasteiger partial charge >= 0.3 is 0 Å². The van der Waals surface area contributed by atoms with Gasteiger partial charge in [0.15, 0.2) is 0 Å². The molecular weight excluding hydrogens is 454 g/mol. The molecule has 1 N–H and O–H groups in total. The summed E-state index contributed by atoms with van der Waals surface area (Å²) in [6.07, 6.45) is 0. The number of rotatable bonds is 7. The Kier molecular flexibility index (Phi) is 7.15. The van der Waals surface area contributed by atoms with Crippen LogP contribution in [0.15, 0.2) is 72.3 Å². The van der Waals surface area contributed by atoms with Gasteiger partial charge in [-0.05, 0) is 49.6 Å². The van der Waals surface area contributed by atoms with Gasteiger partial charge in [0, 0.05) is 16.8 Å². The Hall–Kier alpha value is -4.06. The first kappa shape index (κ1) is 25.0. The first-order chi connectivity index (χ1) is 17.2. The topological polar surface area (TPSA) is 76.1 Å². The molecule has 1 atom stereocenters. The maximum absolute atomic E-state index is 13.5. The summed E-state index contributed by atoms with van der Waals surface area (Å²) in [6.45, 7) is 8.48. The van der Waals surface area contributed by atoms with Crippen molar-refractivity contribution in [3.8, 4) is 11.5 Å². The van der Waals surface area contributed by atoms with Crippen LogP contribution in [0.4, 0.5) is 5.69 Å². The maximum atomic E-state index is 13.5. The van der Waals surface area contributed by atoms with Gasteiger partial charge in [0.2, 0.25) is 0 Å². The second kappa shape index (κ2) is 10.3. The molecule has 1 aliphatic heterocycles. The fraction of sp³-hybridized carbons (Fsp3) is 0.267. The van der Waals surface area contributed by atoms with Crippen LogP contribution >= 0.6 is 0 Å². The number of hydrogen-bond donors (Lipinski definition) is 1. The van der Waals surface area contributed by atoms with Crippen LogP contribution in [-0.2, 0) is 9.59 Å². The normalized spacial score (nSPS) is 17.1. The molecule has 3 aromatic carbocycles. The molecule has 0 saturated carbocycles. The van der Waals surface area contributed by atoms with E-state index in [-0.39, 0.29) is 11.3 Å². The number of para-hydroxylation sites is 1. The highest BCUT2D eigenvalue weighted by atomic mass is 16.5. The maximum Gasteiger partial charge on any atom is 0.300 e. The largest absolute Gasteiger partial charge is 0.507 e. The zero-order valence-electron chi connectivity index (χ0n) is 21.2. The number of aliphatic hydroxyl groups is 1. The molecule has 1 unspecified atom stereocenters. The third-order valence-electron chi connectivity index (χ3n) is 6.18. The van der Waals surface area contributed by atoms with Gasteiger partial charge in [-0.3, -0.25) is 14.5 Å². The first-order valence-electron chi connectivity index (χ1n) is 12.0. The number of nitrogens with zero attached hydrogens (tertiary/aromatic N) is 1. The van der Waals surface area contributed by atoms with Crippen molar-refractivity contribution in [3.05, 3.63) is 94.6 Å². The molecule has 1 aliphatic rings. The monoisotopic (exact) mass is 485 g/mol. The minimum Gasteiger partial charge on any atom is -0.507 e. The van der Waals surface area contributed by atoms with E-state index in [2.05, 4.69) is 0 Å². The molecule has 0 bridgehead atoms. The molecule has 6 nitrogen and oxygen atoms in total. The van der Waals surface area contributed by atoms with Gasteiger partial charge in [0.25, 0.3) is 11.7 Å². The molecule has 0 radical (unpaired) electrons. The molecule has 186 valence electrons. The quantitative estimate of drug-likeness (QED) is 0.253. The van der Waals surface area contributed by atoms with Crippen LogP contribution < -0.4 is 14.4 Å². The summed E-state index contributed by atoms with van der Waals surface area (Å²) in [5.41, 5.74) is 3.50. The van der Waals surface area contributed by atoms with Crippen molar-refractivity contribution < 1.29 is 24.2 Å². The molecule has 4 rings (SSSR count). The molecule has 1 fully saturated rings. The lowest BCUT2D eigenvalue weighted by atomic mass is 9.94. The number of methoxy groups -OCH3 is 1. The lowest BCUT2D eigenvalue weighted by Gasteiger charge is -2.28. The zero-order valence-corrected chi connectivity index (χ0v) is 21.2. The number of aryl methyl sites for hydroxylation is 2. The van der Waals surface area contributed by atoms with Crippen LogP contribution in [-0.4, -0.2) is 30.5 Å². The van der Waals surface area contributed by atoms with E-state index in [4.69, 9.17) is 9.47 Å². The average Bonchev–Trinajstić information content (AvgIpc) is 3.12. The van der Waals surface area contributed by atoms with E-state index in [1.54, 1.807) is 36.4 Å². The number of carbonyl (C=O) groups is 2. The van der Waals surface area contributed by atoms with Crippen molar-refractivity contribution in [2.24, 2.45) is 5.92 Å². The molecule has 0 spiro atoms. The third kappa shape index (κ3) is 4.71. The Bertz CT molecular complexity index is 1340. The lowest BCUT2D eigenvalue weighted by Crippen LogP contribution is -2.30. The minimum atomic E-state index is -0.872. The minimum absolute atomic E-state index is 0.00508. The van der Waals surface area contributed by atoms with E-state index in [1.165, 1.54) is 12.0 Å².